The van der Waals surface area contributed by atoms with Gasteiger partial charge in [-0.05, 0) is 66.7 Å². The van der Waals surface area contributed by atoms with Gasteiger partial charge in [-0.25, -0.2) is 0 Å². The minimum Gasteiger partial charge on any atom is -0.508 e. The average molecular weight is 417 g/mol. The van der Waals surface area contributed by atoms with Crippen LogP contribution in [-0.4, -0.2) is 52.5 Å². The standard InChI is InChI=1S/C20H23N3O5S/c24-15-5-7-17(8-6-15)28-12-16(25)11-21-10-9-13-1-3-14(4-2-13)22-19-18(26)23-20(27)29-19/h1-8,16,19,21-22,24-25H,9-12H2,(H,23,26,27). The van der Waals surface area contributed by atoms with Crippen LogP contribution in [0.15, 0.2) is 48.5 Å². The molecule has 2 aromatic carbocycles. The van der Waals surface area contributed by atoms with E-state index in [0.717, 1.165) is 29.4 Å². The Balaban J connectivity index is 1.32. The van der Waals surface area contributed by atoms with Gasteiger partial charge in [0.05, 0.1) is 0 Å². The predicted octanol–water partition coefficient (Wildman–Crippen LogP) is 1.69. The maximum atomic E-state index is 11.6. The zero-order valence-electron chi connectivity index (χ0n) is 15.6. The normalized spacial score (nSPS) is 17.1. The Bertz CT molecular complexity index is 829. The van der Waals surface area contributed by atoms with Gasteiger partial charge in [0, 0.05) is 12.2 Å². The molecule has 2 aromatic rings. The van der Waals surface area contributed by atoms with E-state index < -0.39 is 11.5 Å². The van der Waals surface area contributed by atoms with Gasteiger partial charge in [-0.1, -0.05) is 12.1 Å². The molecule has 0 aromatic heterocycles. The first-order valence-electron chi connectivity index (χ1n) is 9.17. The SMILES string of the molecule is O=C1NC(=O)C(Nc2ccc(CCNCC(O)COc3ccc(O)cc3)cc2)S1. The van der Waals surface area contributed by atoms with Gasteiger partial charge in [0.2, 0.25) is 0 Å². The Morgan fingerprint density at radius 2 is 1.83 bits per heavy atom. The maximum Gasteiger partial charge on any atom is 0.288 e. The number of aliphatic hydroxyl groups excluding tert-OH is 1. The number of carbonyl (C=O) groups is 2. The number of aliphatic hydroxyl groups is 1. The van der Waals surface area contributed by atoms with E-state index in [1.54, 1.807) is 12.1 Å². The molecule has 8 nitrogen and oxygen atoms in total. The number of hydrogen-bond acceptors (Lipinski definition) is 8. The molecule has 1 saturated heterocycles. The lowest BCUT2D eigenvalue weighted by Gasteiger charge is -2.14. The molecule has 3 rings (SSSR count). The van der Waals surface area contributed by atoms with Gasteiger partial charge < -0.3 is 25.6 Å². The number of rotatable bonds is 10. The predicted molar refractivity (Wildman–Crippen MR) is 111 cm³/mol. The van der Waals surface area contributed by atoms with Crippen LogP contribution in [0.25, 0.3) is 0 Å². The van der Waals surface area contributed by atoms with E-state index >= 15 is 0 Å². The molecule has 0 saturated carbocycles. The number of hydrogen-bond donors (Lipinski definition) is 5. The van der Waals surface area contributed by atoms with Crippen molar-refractivity contribution in [2.24, 2.45) is 0 Å². The Labute approximate surface area is 172 Å². The lowest BCUT2D eigenvalue weighted by molar-refractivity contribution is -0.118. The number of benzene rings is 2. The van der Waals surface area contributed by atoms with E-state index in [9.17, 15) is 19.8 Å². The van der Waals surface area contributed by atoms with Crippen molar-refractivity contribution >= 4 is 28.6 Å². The summed E-state index contributed by atoms with van der Waals surface area (Å²) in [6.45, 7) is 1.26. The Hall–Kier alpha value is -2.75. The zero-order chi connectivity index (χ0) is 20.6. The molecule has 1 aliphatic rings. The van der Waals surface area contributed by atoms with Gasteiger partial charge in [0.15, 0.2) is 5.37 Å². The van der Waals surface area contributed by atoms with Crippen LogP contribution >= 0.6 is 11.8 Å². The number of anilines is 1. The molecule has 1 heterocycles. The largest absolute Gasteiger partial charge is 0.508 e. The molecule has 29 heavy (non-hydrogen) atoms. The van der Waals surface area contributed by atoms with Crippen molar-refractivity contribution in [2.45, 2.75) is 17.9 Å². The van der Waals surface area contributed by atoms with Crippen molar-refractivity contribution in [2.75, 3.05) is 25.0 Å². The number of phenols is 1. The molecular formula is C20H23N3O5S. The van der Waals surface area contributed by atoms with Crippen LogP contribution in [0, 0.1) is 0 Å². The summed E-state index contributed by atoms with van der Waals surface area (Å²) in [6, 6.07) is 14.0. The third-order valence-electron chi connectivity index (χ3n) is 4.19. The van der Waals surface area contributed by atoms with Crippen molar-refractivity contribution in [3.8, 4) is 11.5 Å². The number of aromatic hydroxyl groups is 1. The second-order valence-electron chi connectivity index (χ2n) is 6.53. The van der Waals surface area contributed by atoms with Gasteiger partial charge in [-0.2, -0.15) is 0 Å². The molecular weight excluding hydrogens is 394 g/mol. The van der Waals surface area contributed by atoms with E-state index in [1.807, 2.05) is 24.3 Å². The van der Waals surface area contributed by atoms with Crippen LogP contribution < -0.4 is 20.7 Å². The van der Waals surface area contributed by atoms with E-state index in [1.165, 1.54) is 12.1 Å². The molecule has 0 radical (unpaired) electrons. The minimum atomic E-state index is -0.645. The molecule has 2 amide bonds. The Morgan fingerprint density at radius 1 is 1.10 bits per heavy atom. The molecule has 0 spiro atoms. The van der Waals surface area contributed by atoms with Crippen molar-refractivity contribution in [3.63, 3.8) is 0 Å². The highest BCUT2D eigenvalue weighted by molar-refractivity contribution is 8.15. The summed E-state index contributed by atoms with van der Waals surface area (Å²) in [5, 5.41) is 26.7. The van der Waals surface area contributed by atoms with E-state index in [0.29, 0.717) is 18.8 Å². The highest BCUT2D eigenvalue weighted by Crippen LogP contribution is 2.22. The smallest absolute Gasteiger partial charge is 0.288 e. The van der Waals surface area contributed by atoms with Gasteiger partial charge in [-0.3, -0.25) is 14.9 Å². The fourth-order valence-corrected chi connectivity index (χ4v) is 3.40. The number of nitrogens with one attached hydrogen (secondary N) is 3. The van der Waals surface area contributed by atoms with Gasteiger partial charge in [-0.15, -0.1) is 0 Å². The van der Waals surface area contributed by atoms with Crippen LogP contribution in [0.5, 0.6) is 11.5 Å². The summed E-state index contributed by atoms with van der Waals surface area (Å²) in [4.78, 5) is 22.7. The minimum absolute atomic E-state index is 0.160. The molecule has 5 N–H and O–H groups in total. The molecule has 0 bridgehead atoms. The lowest BCUT2D eigenvalue weighted by atomic mass is 10.1. The number of thioether (sulfide) groups is 1. The first kappa shape index (κ1) is 21.0. The summed E-state index contributed by atoms with van der Waals surface area (Å²) < 4.78 is 5.46. The topological polar surface area (TPSA) is 120 Å². The summed E-state index contributed by atoms with van der Waals surface area (Å²) in [7, 11) is 0. The van der Waals surface area contributed by atoms with Crippen LogP contribution in [0.2, 0.25) is 0 Å². The molecule has 9 heteroatoms. The van der Waals surface area contributed by atoms with Crippen LogP contribution in [0.4, 0.5) is 10.5 Å². The van der Waals surface area contributed by atoms with Crippen molar-refractivity contribution in [3.05, 3.63) is 54.1 Å². The lowest BCUT2D eigenvalue weighted by Crippen LogP contribution is -2.32. The monoisotopic (exact) mass is 417 g/mol. The molecule has 0 aliphatic carbocycles. The highest BCUT2D eigenvalue weighted by Gasteiger charge is 2.31. The molecule has 154 valence electrons. The van der Waals surface area contributed by atoms with Crippen molar-refractivity contribution in [1.82, 2.24) is 10.6 Å². The zero-order valence-corrected chi connectivity index (χ0v) is 16.4. The molecule has 2 atom stereocenters. The maximum absolute atomic E-state index is 11.6. The van der Waals surface area contributed by atoms with Crippen molar-refractivity contribution < 1.29 is 24.5 Å². The number of carbonyl (C=O) groups excluding carboxylic acids is 2. The van der Waals surface area contributed by atoms with Gasteiger partial charge >= 0.3 is 0 Å². The Kier molecular flexibility index (Phi) is 7.34. The van der Waals surface area contributed by atoms with E-state index in [-0.39, 0.29) is 23.5 Å². The second-order valence-corrected chi connectivity index (χ2v) is 7.61. The summed E-state index contributed by atoms with van der Waals surface area (Å²) >= 11 is 0.930. The average Bonchev–Trinajstić information content (AvgIpc) is 3.03. The van der Waals surface area contributed by atoms with Gasteiger partial charge in [0.25, 0.3) is 11.1 Å². The van der Waals surface area contributed by atoms with Crippen LogP contribution in [0.1, 0.15) is 5.56 Å². The fourth-order valence-electron chi connectivity index (χ4n) is 2.67. The van der Waals surface area contributed by atoms with E-state index in [2.05, 4.69) is 16.0 Å². The highest BCUT2D eigenvalue weighted by atomic mass is 32.2. The van der Waals surface area contributed by atoms with Gasteiger partial charge in [0.1, 0.15) is 24.2 Å². The molecule has 1 fully saturated rings. The first-order valence-corrected chi connectivity index (χ1v) is 10.0. The van der Waals surface area contributed by atoms with Crippen molar-refractivity contribution in [1.29, 1.82) is 0 Å². The second kappa shape index (κ2) is 10.1. The van der Waals surface area contributed by atoms with E-state index in [4.69, 9.17) is 4.74 Å². The quantitative estimate of drug-likeness (QED) is 0.371. The number of ether oxygens (including phenoxy) is 1. The third-order valence-corrected chi connectivity index (χ3v) is 5.07. The fraction of sp³-hybridized carbons (Fsp3) is 0.300. The molecule has 1 aliphatic heterocycles. The number of amides is 2. The first-order chi connectivity index (χ1) is 14.0. The number of phenolic OH excluding ortho intramolecular Hbond substituents is 1. The number of imide groups is 1. The summed E-state index contributed by atoms with van der Waals surface area (Å²) in [5.74, 6) is 0.427. The summed E-state index contributed by atoms with van der Waals surface area (Å²) in [5.41, 5.74) is 1.88. The van der Waals surface area contributed by atoms with Crippen LogP contribution in [0.3, 0.4) is 0 Å². The van der Waals surface area contributed by atoms with Crippen LogP contribution in [-0.2, 0) is 11.2 Å². The third kappa shape index (κ3) is 6.67. The summed E-state index contributed by atoms with van der Waals surface area (Å²) in [6.07, 6.45) is 0.135. The Morgan fingerprint density at radius 3 is 2.48 bits per heavy atom. The molecule has 2 unspecified atom stereocenters.